The average molecular weight is 490 g/mol. The van der Waals surface area contributed by atoms with Crippen molar-refractivity contribution in [2.24, 2.45) is 0 Å². The molecule has 0 bridgehead atoms. The SMILES string of the molecule is CC(C)=CCC/C(C)=C/CC/C(C)=C/CN(Cc1ccc2c(c1)OCO2)Cc1ccc2c(c1)OCO2. The van der Waals surface area contributed by atoms with Crippen LogP contribution in [0.5, 0.6) is 23.0 Å². The molecule has 0 aliphatic carbocycles. The summed E-state index contributed by atoms with van der Waals surface area (Å²) in [6.07, 6.45) is 11.5. The third kappa shape index (κ3) is 7.66. The Balaban J connectivity index is 1.38. The summed E-state index contributed by atoms with van der Waals surface area (Å²) in [4.78, 5) is 2.44. The summed E-state index contributed by atoms with van der Waals surface area (Å²) < 4.78 is 22.2. The molecule has 5 heteroatoms. The van der Waals surface area contributed by atoms with Gasteiger partial charge in [-0.15, -0.1) is 0 Å². The Labute approximate surface area is 216 Å². The van der Waals surface area contributed by atoms with E-state index >= 15 is 0 Å². The molecule has 2 aromatic carbocycles. The molecule has 0 radical (unpaired) electrons. The van der Waals surface area contributed by atoms with Gasteiger partial charge in [0.15, 0.2) is 23.0 Å². The molecule has 2 aliphatic rings. The fraction of sp³-hybridized carbons (Fsp3) is 0.419. The number of benzene rings is 2. The molecule has 2 heterocycles. The first kappa shape index (κ1) is 25.9. The van der Waals surface area contributed by atoms with Gasteiger partial charge in [0, 0.05) is 19.6 Å². The maximum absolute atomic E-state index is 5.60. The molecule has 0 amide bonds. The van der Waals surface area contributed by atoms with Gasteiger partial charge in [0.25, 0.3) is 0 Å². The Bertz CT molecular complexity index is 1070. The monoisotopic (exact) mass is 489 g/mol. The summed E-state index contributed by atoms with van der Waals surface area (Å²) in [6, 6.07) is 12.4. The first-order valence-corrected chi connectivity index (χ1v) is 12.9. The second-order valence-electron chi connectivity index (χ2n) is 10.0. The lowest BCUT2D eigenvalue weighted by molar-refractivity contribution is 0.173. The van der Waals surface area contributed by atoms with Gasteiger partial charge in [-0.3, -0.25) is 4.90 Å². The highest BCUT2D eigenvalue weighted by atomic mass is 16.7. The van der Waals surface area contributed by atoms with E-state index in [2.05, 4.69) is 75.1 Å². The van der Waals surface area contributed by atoms with Crippen molar-refractivity contribution < 1.29 is 18.9 Å². The molecule has 0 saturated carbocycles. The fourth-order valence-corrected chi connectivity index (χ4v) is 4.40. The molecular formula is C31H39NO4. The average Bonchev–Trinajstić information content (AvgIpc) is 3.51. The molecule has 0 spiro atoms. The van der Waals surface area contributed by atoms with Crippen LogP contribution < -0.4 is 18.9 Å². The molecule has 2 aliphatic heterocycles. The molecule has 0 unspecified atom stereocenters. The molecule has 0 aromatic heterocycles. The molecule has 36 heavy (non-hydrogen) atoms. The van der Waals surface area contributed by atoms with Crippen LogP contribution in [0.2, 0.25) is 0 Å². The number of hydrogen-bond acceptors (Lipinski definition) is 5. The van der Waals surface area contributed by atoms with Gasteiger partial charge in [0.2, 0.25) is 13.6 Å². The summed E-state index contributed by atoms with van der Waals surface area (Å²) in [7, 11) is 0. The maximum atomic E-state index is 5.60. The van der Waals surface area contributed by atoms with Crippen molar-refractivity contribution in [3.05, 3.63) is 82.5 Å². The van der Waals surface area contributed by atoms with E-state index in [9.17, 15) is 0 Å². The Hall–Kier alpha value is -3.18. The van der Waals surface area contributed by atoms with E-state index in [0.29, 0.717) is 13.6 Å². The standard InChI is InChI=1S/C31H39NO4/c1-23(2)7-5-8-24(3)9-6-10-25(4)15-16-32(19-26-11-13-28-30(17-26)35-21-33-28)20-27-12-14-29-31(18-27)36-22-34-29/h7,9,11-15,17-18H,5-6,8,10,16,19-22H2,1-4H3/b24-9+,25-15+. The molecule has 0 fully saturated rings. The van der Waals surface area contributed by atoms with Crippen molar-refractivity contribution in [2.75, 3.05) is 20.1 Å². The van der Waals surface area contributed by atoms with Crippen LogP contribution in [0.3, 0.4) is 0 Å². The number of fused-ring (bicyclic) bond motifs is 2. The minimum atomic E-state index is 0.296. The van der Waals surface area contributed by atoms with Crippen LogP contribution >= 0.6 is 0 Å². The Morgan fingerprint density at radius 3 is 1.72 bits per heavy atom. The minimum Gasteiger partial charge on any atom is -0.454 e. The second-order valence-corrected chi connectivity index (χ2v) is 10.0. The molecular weight excluding hydrogens is 450 g/mol. The van der Waals surface area contributed by atoms with E-state index in [1.807, 2.05) is 12.1 Å². The van der Waals surface area contributed by atoms with Gasteiger partial charge in [0.05, 0.1) is 0 Å². The van der Waals surface area contributed by atoms with Gasteiger partial charge in [-0.05, 0) is 88.8 Å². The van der Waals surface area contributed by atoms with Crippen LogP contribution in [0.15, 0.2) is 71.3 Å². The van der Waals surface area contributed by atoms with Crippen molar-refractivity contribution >= 4 is 0 Å². The number of rotatable bonds is 12. The van der Waals surface area contributed by atoms with Crippen molar-refractivity contribution in [3.8, 4) is 23.0 Å². The third-order valence-electron chi connectivity index (χ3n) is 6.51. The fourth-order valence-electron chi connectivity index (χ4n) is 4.40. The van der Waals surface area contributed by atoms with Gasteiger partial charge in [-0.1, -0.05) is 47.1 Å². The lowest BCUT2D eigenvalue weighted by Crippen LogP contribution is -2.23. The smallest absolute Gasteiger partial charge is 0.231 e. The van der Waals surface area contributed by atoms with Crippen LogP contribution in [0, 0.1) is 0 Å². The largest absolute Gasteiger partial charge is 0.454 e. The normalized spacial score (nSPS) is 14.5. The minimum absolute atomic E-state index is 0.296. The highest BCUT2D eigenvalue weighted by molar-refractivity contribution is 5.45. The van der Waals surface area contributed by atoms with Gasteiger partial charge >= 0.3 is 0 Å². The lowest BCUT2D eigenvalue weighted by atomic mass is 10.1. The molecule has 192 valence electrons. The van der Waals surface area contributed by atoms with E-state index in [1.54, 1.807) is 0 Å². The zero-order chi connectivity index (χ0) is 25.3. The van der Waals surface area contributed by atoms with E-state index < -0.39 is 0 Å². The Morgan fingerprint density at radius 2 is 1.17 bits per heavy atom. The summed E-state index contributed by atoms with van der Waals surface area (Å²) in [5.74, 6) is 3.30. The predicted octanol–water partition coefficient (Wildman–Crippen LogP) is 7.57. The number of hydrogen-bond donors (Lipinski definition) is 0. The Morgan fingerprint density at radius 1 is 0.667 bits per heavy atom. The van der Waals surface area contributed by atoms with Crippen molar-refractivity contribution in [2.45, 2.75) is 66.5 Å². The number of ether oxygens (including phenoxy) is 4. The summed E-state index contributed by atoms with van der Waals surface area (Å²) in [5, 5.41) is 0. The second kappa shape index (κ2) is 12.7. The van der Waals surface area contributed by atoms with E-state index in [4.69, 9.17) is 18.9 Å². The molecule has 5 nitrogen and oxygen atoms in total. The van der Waals surface area contributed by atoms with Crippen molar-refractivity contribution in [1.29, 1.82) is 0 Å². The molecule has 2 aromatic rings. The first-order valence-electron chi connectivity index (χ1n) is 12.9. The molecule has 0 N–H and O–H groups in total. The quantitative estimate of drug-likeness (QED) is 0.288. The number of nitrogens with zero attached hydrogens (tertiary/aromatic N) is 1. The van der Waals surface area contributed by atoms with Gasteiger partial charge in [-0.25, -0.2) is 0 Å². The lowest BCUT2D eigenvalue weighted by Gasteiger charge is -2.22. The van der Waals surface area contributed by atoms with Crippen molar-refractivity contribution in [3.63, 3.8) is 0 Å². The summed E-state index contributed by atoms with van der Waals surface area (Å²) >= 11 is 0. The topological polar surface area (TPSA) is 40.2 Å². The third-order valence-corrected chi connectivity index (χ3v) is 6.51. The zero-order valence-corrected chi connectivity index (χ0v) is 22.1. The van der Waals surface area contributed by atoms with Gasteiger partial charge < -0.3 is 18.9 Å². The predicted molar refractivity (Wildman–Crippen MR) is 145 cm³/mol. The van der Waals surface area contributed by atoms with Crippen LogP contribution in [-0.4, -0.2) is 25.0 Å². The number of allylic oxidation sites excluding steroid dienone is 5. The highest BCUT2D eigenvalue weighted by Crippen LogP contribution is 2.34. The zero-order valence-electron chi connectivity index (χ0n) is 22.1. The van der Waals surface area contributed by atoms with Gasteiger partial charge in [0.1, 0.15) is 0 Å². The summed E-state index contributed by atoms with van der Waals surface area (Å²) in [5.41, 5.74) is 6.71. The molecule has 4 rings (SSSR count). The molecule has 0 saturated heterocycles. The van der Waals surface area contributed by atoms with E-state index in [0.717, 1.165) is 68.3 Å². The first-order chi connectivity index (χ1) is 17.5. The summed E-state index contributed by atoms with van der Waals surface area (Å²) in [6.45, 7) is 11.9. The van der Waals surface area contributed by atoms with Crippen LogP contribution in [0.4, 0.5) is 0 Å². The van der Waals surface area contributed by atoms with Crippen LogP contribution in [0.25, 0.3) is 0 Å². The highest BCUT2D eigenvalue weighted by Gasteiger charge is 2.17. The van der Waals surface area contributed by atoms with E-state index in [-0.39, 0.29) is 0 Å². The molecule has 0 atom stereocenters. The Kier molecular flexibility index (Phi) is 9.12. The van der Waals surface area contributed by atoms with Crippen molar-refractivity contribution in [1.82, 2.24) is 4.90 Å². The van der Waals surface area contributed by atoms with Crippen LogP contribution in [0.1, 0.15) is 64.5 Å². The van der Waals surface area contributed by atoms with E-state index in [1.165, 1.54) is 27.8 Å². The maximum Gasteiger partial charge on any atom is 0.231 e. The van der Waals surface area contributed by atoms with Crippen LogP contribution in [-0.2, 0) is 13.1 Å². The van der Waals surface area contributed by atoms with Gasteiger partial charge in [-0.2, -0.15) is 0 Å².